The molecule has 19 heavy (non-hydrogen) atoms. The van der Waals surface area contributed by atoms with Crippen LogP contribution in [0.1, 0.15) is 24.0 Å². The average molecular weight is 262 g/mol. The minimum absolute atomic E-state index is 0.0113. The SMILES string of the molecule is Cc1ccc(C)c(NC(=O)CN2CCCC(O)C2)c1. The van der Waals surface area contributed by atoms with Crippen LogP contribution in [0.2, 0.25) is 0 Å². The Labute approximate surface area is 114 Å². The van der Waals surface area contributed by atoms with Crippen LogP contribution in [0.15, 0.2) is 18.2 Å². The van der Waals surface area contributed by atoms with Crippen molar-refractivity contribution in [2.45, 2.75) is 32.8 Å². The molecule has 1 heterocycles. The first-order valence-electron chi connectivity index (χ1n) is 6.82. The highest BCUT2D eigenvalue weighted by molar-refractivity contribution is 5.93. The maximum absolute atomic E-state index is 12.0. The third kappa shape index (κ3) is 4.04. The molecule has 104 valence electrons. The smallest absolute Gasteiger partial charge is 0.238 e. The number of likely N-dealkylation sites (tertiary alicyclic amines) is 1. The molecule has 1 fully saturated rings. The summed E-state index contributed by atoms with van der Waals surface area (Å²) in [5.74, 6) is -0.0113. The molecule has 1 aliphatic rings. The Morgan fingerprint density at radius 2 is 2.26 bits per heavy atom. The summed E-state index contributed by atoms with van der Waals surface area (Å²) in [6.45, 7) is 5.83. The molecule has 1 aromatic carbocycles. The van der Waals surface area contributed by atoms with Crippen molar-refractivity contribution >= 4 is 11.6 Å². The van der Waals surface area contributed by atoms with Crippen molar-refractivity contribution in [1.82, 2.24) is 4.90 Å². The molecule has 0 radical (unpaired) electrons. The lowest BCUT2D eigenvalue weighted by Gasteiger charge is -2.29. The number of nitrogens with zero attached hydrogens (tertiary/aromatic N) is 1. The number of amides is 1. The summed E-state index contributed by atoms with van der Waals surface area (Å²) in [5.41, 5.74) is 3.08. The standard InChI is InChI=1S/C15H22N2O2/c1-11-5-6-12(2)14(8-11)16-15(19)10-17-7-3-4-13(18)9-17/h5-6,8,13,18H,3-4,7,9-10H2,1-2H3,(H,16,19). The van der Waals surface area contributed by atoms with Gasteiger partial charge in [-0.25, -0.2) is 0 Å². The number of β-amino-alcohol motifs (C(OH)–C–C–N with tert-alkyl or cyclic N) is 1. The fourth-order valence-corrected chi connectivity index (χ4v) is 2.44. The molecule has 1 atom stereocenters. The van der Waals surface area contributed by atoms with E-state index in [0.29, 0.717) is 13.1 Å². The Balaban J connectivity index is 1.92. The van der Waals surface area contributed by atoms with Crippen LogP contribution < -0.4 is 5.32 Å². The van der Waals surface area contributed by atoms with Gasteiger partial charge in [0.2, 0.25) is 5.91 Å². The third-order valence-corrected chi connectivity index (χ3v) is 3.52. The molecule has 4 nitrogen and oxygen atoms in total. The van der Waals surface area contributed by atoms with Gasteiger partial charge in [0, 0.05) is 12.2 Å². The number of anilines is 1. The number of carbonyl (C=O) groups is 1. The van der Waals surface area contributed by atoms with E-state index in [-0.39, 0.29) is 12.0 Å². The second-order valence-corrected chi connectivity index (χ2v) is 5.40. The minimum atomic E-state index is -0.290. The van der Waals surface area contributed by atoms with E-state index in [2.05, 4.69) is 5.32 Å². The maximum Gasteiger partial charge on any atom is 0.238 e. The molecule has 2 N–H and O–H groups in total. The third-order valence-electron chi connectivity index (χ3n) is 3.52. The lowest BCUT2D eigenvalue weighted by Crippen LogP contribution is -2.42. The van der Waals surface area contributed by atoms with Crippen molar-refractivity contribution in [3.8, 4) is 0 Å². The molecule has 1 aromatic rings. The van der Waals surface area contributed by atoms with E-state index in [0.717, 1.165) is 36.2 Å². The fourth-order valence-electron chi connectivity index (χ4n) is 2.44. The number of aliphatic hydroxyl groups is 1. The fraction of sp³-hybridized carbons (Fsp3) is 0.533. The predicted molar refractivity (Wildman–Crippen MR) is 76.2 cm³/mol. The molecule has 0 bridgehead atoms. The Hall–Kier alpha value is -1.39. The summed E-state index contributed by atoms with van der Waals surface area (Å²) in [6, 6.07) is 6.03. The van der Waals surface area contributed by atoms with Gasteiger partial charge >= 0.3 is 0 Å². The molecular formula is C15H22N2O2. The zero-order valence-electron chi connectivity index (χ0n) is 11.6. The molecule has 0 saturated carbocycles. The Morgan fingerprint density at radius 3 is 3.00 bits per heavy atom. The molecule has 0 spiro atoms. The molecular weight excluding hydrogens is 240 g/mol. The van der Waals surface area contributed by atoms with Crippen LogP contribution in [0.4, 0.5) is 5.69 Å². The van der Waals surface area contributed by atoms with Crippen LogP contribution in [-0.4, -0.2) is 41.7 Å². The number of hydrogen-bond acceptors (Lipinski definition) is 3. The van der Waals surface area contributed by atoms with Gasteiger partial charge in [-0.1, -0.05) is 12.1 Å². The topological polar surface area (TPSA) is 52.6 Å². The number of benzene rings is 1. The molecule has 0 aromatic heterocycles. The number of aryl methyl sites for hydroxylation is 2. The van der Waals surface area contributed by atoms with Crippen LogP contribution in [0.5, 0.6) is 0 Å². The van der Waals surface area contributed by atoms with Gasteiger partial charge in [-0.05, 0) is 50.4 Å². The van der Waals surface area contributed by atoms with Crippen molar-refractivity contribution in [3.63, 3.8) is 0 Å². The van der Waals surface area contributed by atoms with Crippen LogP contribution in [-0.2, 0) is 4.79 Å². The van der Waals surface area contributed by atoms with Gasteiger partial charge in [0.25, 0.3) is 0 Å². The summed E-state index contributed by atoms with van der Waals surface area (Å²) in [5, 5.41) is 12.5. The Bertz CT molecular complexity index is 459. The van der Waals surface area contributed by atoms with Crippen LogP contribution in [0.3, 0.4) is 0 Å². The van der Waals surface area contributed by atoms with Crippen LogP contribution >= 0.6 is 0 Å². The maximum atomic E-state index is 12.0. The van der Waals surface area contributed by atoms with Crippen LogP contribution in [0, 0.1) is 13.8 Å². The van der Waals surface area contributed by atoms with E-state index in [1.807, 2.05) is 36.9 Å². The van der Waals surface area contributed by atoms with E-state index in [1.54, 1.807) is 0 Å². The van der Waals surface area contributed by atoms with Crippen molar-refractivity contribution in [2.75, 3.05) is 25.0 Å². The summed E-state index contributed by atoms with van der Waals surface area (Å²) in [7, 11) is 0. The summed E-state index contributed by atoms with van der Waals surface area (Å²) >= 11 is 0. The number of piperidine rings is 1. The number of rotatable bonds is 3. The van der Waals surface area contributed by atoms with Gasteiger partial charge in [-0.3, -0.25) is 9.69 Å². The van der Waals surface area contributed by atoms with Gasteiger partial charge in [-0.15, -0.1) is 0 Å². The van der Waals surface area contributed by atoms with Gasteiger partial charge in [0.1, 0.15) is 0 Å². The first-order valence-corrected chi connectivity index (χ1v) is 6.82. The van der Waals surface area contributed by atoms with Crippen molar-refractivity contribution in [3.05, 3.63) is 29.3 Å². The number of nitrogens with one attached hydrogen (secondary N) is 1. The Kier molecular flexibility index (Phi) is 4.56. The van der Waals surface area contributed by atoms with Gasteiger partial charge in [-0.2, -0.15) is 0 Å². The monoisotopic (exact) mass is 262 g/mol. The molecule has 1 amide bonds. The highest BCUT2D eigenvalue weighted by Crippen LogP contribution is 2.16. The zero-order chi connectivity index (χ0) is 13.8. The van der Waals surface area contributed by atoms with Crippen LogP contribution in [0.25, 0.3) is 0 Å². The quantitative estimate of drug-likeness (QED) is 0.871. The lowest BCUT2D eigenvalue weighted by atomic mass is 10.1. The second kappa shape index (κ2) is 6.17. The highest BCUT2D eigenvalue weighted by Gasteiger charge is 2.19. The first kappa shape index (κ1) is 14.0. The van der Waals surface area contributed by atoms with E-state index >= 15 is 0 Å². The zero-order valence-corrected chi connectivity index (χ0v) is 11.6. The number of carbonyl (C=O) groups excluding carboxylic acids is 1. The highest BCUT2D eigenvalue weighted by atomic mass is 16.3. The van der Waals surface area contributed by atoms with Gasteiger partial charge < -0.3 is 10.4 Å². The van der Waals surface area contributed by atoms with Crippen molar-refractivity contribution in [1.29, 1.82) is 0 Å². The molecule has 1 unspecified atom stereocenters. The van der Waals surface area contributed by atoms with Gasteiger partial charge in [0.15, 0.2) is 0 Å². The van der Waals surface area contributed by atoms with E-state index < -0.39 is 0 Å². The first-order chi connectivity index (χ1) is 9.04. The summed E-state index contributed by atoms with van der Waals surface area (Å²) in [6.07, 6.45) is 1.51. The largest absolute Gasteiger partial charge is 0.392 e. The summed E-state index contributed by atoms with van der Waals surface area (Å²) < 4.78 is 0. The molecule has 1 aliphatic heterocycles. The molecule has 0 aliphatic carbocycles. The average Bonchev–Trinajstić information content (AvgIpc) is 2.34. The van der Waals surface area contributed by atoms with Crippen molar-refractivity contribution < 1.29 is 9.90 Å². The number of hydrogen-bond donors (Lipinski definition) is 2. The Morgan fingerprint density at radius 1 is 1.47 bits per heavy atom. The molecule has 2 rings (SSSR count). The number of aliphatic hydroxyl groups excluding tert-OH is 1. The molecule has 4 heteroatoms. The molecule has 1 saturated heterocycles. The van der Waals surface area contributed by atoms with Crippen molar-refractivity contribution in [2.24, 2.45) is 0 Å². The van der Waals surface area contributed by atoms with E-state index in [9.17, 15) is 9.90 Å². The minimum Gasteiger partial charge on any atom is -0.392 e. The predicted octanol–water partition coefficient (Wildman–Crippen LogP) is 1.70. The second-order valence-electron chi connectivity index (χ2n) is 5.40. The van der Waals surface area contributed by atoms with E-state index in [1.165, 1.54) is 0 Å². The lowest BCUT2D eigenvalue weighted by molar-refractivity contribution is -0.118. The van der Waals surface area contributed by atoms with E-state index in [4.69, 9.17) is 0 Å². The summed E-state index contributed by atoms with van der Waals surface area (Å²) in [4.78, 5) is 14.0. The normalized spacial score (nSPS) is 20.3. The van der Waals surface area contributed by atoms with Gasteiger partial charge in [0.05, 0.1) is 12.6 Å².